The van der Waals surface area contributed by atoms with Crippen LogP contribution in [0.4, 0.5) is 5.69 Å². The molecule has 0 fully saturated rings. The summed E-state index contributed by atoms with van der Waals surface area (Å²) in [7, 11) is 1.79. The van der Waals surface area contributed by atoms with E-state index in [1.165, 1.54) is 11.3 Å². The van der Waals surface area contributed by atoms with Crippen LogP contribution in [0, 0.1) is 0 Å². The monoisotopic (exact) mass is 441 g/mol. The molecule has 24 heavy (non-hydrogen) atoms. The van der Waals surface area contributed by atoms with Gasteiger partial charge < -0.3 is 14.7 Å². The maximum Gasteiger partial charge on any atom is 0.232 e. The first-order valence-corrected chi connectivity index (χ1v) is 7.88. The van der Waals surface area contributed by atoms with E-state index in [1.807, 2.05) is 0 Å². The average Bonchev–Trinajstić information content (AvgIpc) is 3.15. The van der Waals surface area contributed by atoms with Crippen molar-refractivity contribution < 1.29 is 4.52 Å². The molecular weight excluding hydrogens is 417 g/mol. The summed E-state index contributed by atoms with van der Waals surface area (Å²) >= 11 is 0. The average molecular weight is 441 g/mol. The summed E-state index contributed by atoms with van der Waals surface area (Å²) in [5.74, 6) is 2.12. The molecule has 6 nitrogen and oxygen atoms in total. The number of benzene rings is 1. The number of hydrogen-bond donors (Lipinski definition) is 1. The molecule has 0 bridgehead atoms. The highest BCUT2D eigenvalue weighted by Gasteiger charge is 2.24. The number of aliphatic imine (C=N–C) groups is 1. The minimum Gasteiger partial charge on any atom is -0.349 e. The van der Waals surface area contributed by atoms with Crippen LogP contribution >= 0.6 is 24.0 Å². The van der Waals surface area contributed by atoms with Crippen molar-refractivity contribution in [1.82, 2.24) is 15.5 Å². The van der Waals surface area contributed by atoms with Crippen molar-refractivity contribution in [3.8, 4) is 0 Å². The SMILES string of the molecule is CN=C(NCc1noc(C(C)(C)C)n1)N1CCc2ccccc21.I. The Morgan fingerprint density at radius 2 is 2.08 bits per heavy atom. The lowest BCUT2D eigenvalue weighted by Crippen LogP contribution is -2.40. The number of hydrogen-bond acceptors (Lipinski definition) is 4. The molecular formula is C17H24IN5O. The molecule has 2 heterocycles. The van der Waals surface area contributed by atoms with Crippen molar-refractivity contribution in [1.29, 1.82) is 0 Å². The summed E-state index contributed by atoms with van der Waals surface area (Å²) in [6.07, 6.45) is 1.03. The van der Waals surface area contributed by atoms with E-state index in [2.05, 4.69) is 70.4 Å². The lowest BCUT2D eigenvalue weighted by molar-refractivity contribution is 0.318. The molecule has 0 radical (unpaired) electrons. The van der Waals surface area contributed by atoms with Crippen LogP contribution in [0.3, 0.4) is 0 Å². The van der Waals surface area contributed by atoms with Gasteiger partial charge in [0.25, 0.3) is 0 Å². The first kappa shape index (κ1) is 18.7. The molecule has 3 rings (SSSR count). The van der Waals surface area contributed by atoms with Gasteiger partial charge in [0, 0.05) is 24.7 Å². The van der Waals surface area contributed by atoms with Crippen LogP contribution in [-0.2, 0) is 18.4 Å². The first-order valence-electron chi connectivity index (χ1n) is 7.88. The van der Waals surface area contributed by atoms with Gasteiger partial charge in [-0.05, 0) is 18.1 Å². The highest BCUT2D eigenvalue weighted by atomic mass is 127. The number of nitrogens with one attached hydrogen (secondary N) is 1. The van der Waals surface area contributed by atoms with Crippen LogP contribution in [0.25, 0.3) is 0 Å². The number of halogens is 1. The third-order valence-electron chi connectivity index (χ3n) is 3.87. The Kier molecular flexibility index (Phi) is 5.84. The zero-order valence-electron chi connectivity index (χ0n) is 14.5. The predicted molar refractivity (Wildman–Crippen MR) is 106 cm³/mol. The van der Waals surface area contributed by atoms with E-state index in [-0.39, 0.29) is 29.4 Å². The molecule has 2 aromatic rings. The number of guanidine groups is 1. The van der Waals surface area contributed by atoms with Crippen molar-refractivity contribution >= 4 is 35.6 Å². The smallest absolute Gasteiger partial charge is 0.232 e. The fourth-order valence-electron chi connectivity index (χ4n) is 2.64. The Bertz CT molecular complexity index is 720. The third-order valence-corrected chi connectivity index (χ3v) is 3.87. The third kappa shape index (κ3) is 3.88. The van der Waals surface area contributed by atoms with Crippen LogP contribution in [0.2, 0.25) is 0 Å². The molecule has 1 aromatic carbocycles. The molecule has 0 aliphatic carbocycles. The molecule has 7 heteroatoms. The van der Waals surface area contributed by atoms with Gasteiger partial charge in [-0.3, -0.25) is 4.99 Å². The van der Waals surface area contributed by atoms with Crippen LogP contribution in [0.5, 0.6) is 0 Å². The Balaban J connectivity index is 0.00000208. The van der Waals surface area contributed by atoms with Gasteiger partial charge in [-0.25, -0.2) is 0 Å². The Morgan fingerprint density at radius 1 is 1.33 bits per heavy atom. The summed E-state index contributed by atoms with van der Waals surface area (Å²) in [6.45, 7) is 7.58. The maximum atomic E-state index is 5.32. The topological polar surface area (TPSA) is 66.5 Å². The molecule has 0 spiro atoms. The van der Waals surface area contributed by atoms with Crippen LogP contribution < -0.4 is 10.2 Å². The van der Waals surface area contributed by atoms with Gasteiger partial charge in [-0.2, -0.15) is 4.98 Å². The Labute approximate surface area is 159 Å². The van der Waals surface area contributed by atoms with Crippen LogP contribution in [0.1, 0.15) is 38.0 Å². The molecule has 1 aliphatic rings. The molecule has 0 atom stereocenters. The van der Waals surface area contributed by atoms with Crippen molar-refractivity contribution in [2.75, 3.05) is 18.5 Å². The van der Waals surface area contributed by atoms with E-state index in [9.17, 15) is 0 Å². The van der Waals surface area contributed by atoms with Crippen LogP contribution in [-0.4, -0.2) is 29.7 Å². The minimum absolute atomic E-state index is 0. The summed E-state index contributed by atoms with van der Waals surface area (Å²) in [6, 6.07) is 8.42. The molecule has 0 unspecified atom stereocenters. The molecule has 130 valence electrons. The summed E-state index contributed by atoms with van der Waals surface area (Å²) < 4.78 is 5.32. The van der Waals surface area contributed by atoms with Gasteiger partial charge in [-0.1, -0.05) is 44.1 Å². The van der Waals surface area contributed by atoms with Crippen LogP contribution in [0.15, 0.2) is 33.8 Å². The Morgan fingerprint density at radius 3 is 2.75 bits per heavy atom. The first-order chi connectivity index (χ1) is 11.0. The fourth-order valence-corrected chi connectivity index (χ4v) is 2.64. The molecule has 1 aliphatic heterocycles. The number of nitrogens with zero attached hydrogens (tertiary/aromatic N) is 4. The molecule has 0 saturated carbocycles. The van der Waals surface area contributed by atoms with Gasteiger partial charge in [-0.15, -0.1) is 24.0 Å². The van der Waals surface area contributed by atoms with E-state index in [0.29, 0.717) is 18.3 Å². The Hall–Kier alpha value is -1.64. The summed E-state index contributed by atoms with van der Waals surface area (Å²) in [5, 5.41) is 7.36. The summed E-state index contributed by atoms with van der Waals surface area (Å²) in [5.41, 5.74) is 2.43. The quantitative estimate of drug-likeness (QED) is 0.441. The lowest BCUT2D eigenvalue weighted by Gasteiger charge is -2.21. The second-order valence-electron chi connectivity index (χ2n) is 6.70. The molecule has 0 amide bonds. The number of aromatic nitrogens is 2. The van der Waals surface area contributed by atoms with E-state index in [0.717, 1.165) is 18.9 Å². The van der Waals surface area contributed by atoms with E-state index < -0.39 is 0 Å². The van der Waals surface area contributed by atoms with Gasteiger partial charge in [0.1, 0.15) is 0 Å². The standard InChI is InChI=1S/C17H23N5O.HI/c1-17(2,3)15-20-14(21-23-15)11-19-16(18-4)22-10-9-12-7-5-6-8-13(12)22;/h5-8H,9-11H2,1-4H3,(H,18,19);1H. The molecule has 0 saturated heterocycles. The normalized spacial score (nSPS) is 14.3. The molecule has 1 aromatic heterocycles. The van der Waals surface area contributed by atoms with Gasteiger partial charge in [0.2, 0.25) is 5.89 Å². The van der Waals surface area contributed by atoms with Crippen molar-refractivity contribution in [3.63, 3.8) is 0 Å². The number of fused-ring (bicyclic) bond motifs is 1. The number of rotatable bonds is 2. The van der Waals surface area contributed by atoms with E-state index in [1.54, 1.807) is 7.05 Å². The van der Waals surface area contributed by atoms with E-state index >= 15 is 0 Å². The number of anilines is 1. The van der Waals surface area contributed by atoms with Crippen molar-refractivity contribution in [2.24, 2.45) is 4.99 Å². The second kappa shape index (κ2) is 7.50. The van der Waals surface area contributed by atoms with Gasteiger partial charge in [0.05, 0.1) is 6.54 Å². The van der Waals surface area contributed by atoms with Crippen molar-refractivity contribution in [3.05, 3.63) is 41.5 Å². The lowest BCUT2D eigenvalue weighted by atomic mass is 9.97. The zero-order chi connectivity index (χ0) is 16.4. The van der Waals surface area contributed by atoms with Gasteiger partial charge >= 0.3 is 0 Å². The summed E-state index contributed by atoms with van der Waals surface area (Å²) in [4.78, 5) is 11.0. The fraction of sp³-hybridized carbons (Fsp3) is 0.471. The van der Waals surface area contributed by atoms with E-state index in [4.69, 9.17) is 4.52 Å². The maximum absolute atomic E-state index is 5.32. The van der Waals surface area contributed by atoms with Gasteiger partial charge in [0.15, 0.2) is 11.8 Å². The highest BCUT2D eigenvalue weighted by Crippen LogP contribution is 2.27. The molecule has 1 N–H and O–H groups in total. The zero-order valence-corrected chi connectivity index (χ0v) is 16.9. The minimum atomic E-state index is -0.138. The predicted octanol–water partition coefficient (Wildman–Crippen LogP) is 3.12. The second-order valence-corrected chi connectivity index (χ2v) is 6.70. The largest absolute Gasteiger partial charge is 0.349 e. The number of para-hydroxylation sites is 1. The highest BCUT2D eigenvalue weighted by molar-refractivity contribution is 14.0. The van der Waals surface area contributed by atoms with Crippen molar-refractivity contribution in [2.45, 2.75) is 39.2 Å².